The van der Waals surface area contributed by atoms with Crippen LogP contribution in [0.3, 0.4) is 0 Å². The number of aliphatic hydroxyl groups is 1. The Morgan fingerprint density at radius 2 is 1.94 bits per heavy atom. The van der Waals surface area contributed by atoms with E-state index < -0.39 is 6.10 Å². The van der Waals surface area contributed by atoms with Crippen LogP contribution in [0.2, 0.25) is 5.02 Å². The van der Waals surface area contributed by atoms with Crippen molar-refractivity contribution >= 4 is 11.6 Å². The lowest BCUT2D eigenvalue weighted by molar-refractivity contribution is -0.605. The van der Waals surface area contributed by atoms with Gasteiger partial charge in [-0.3, -0.25) is 0 Å². The summed E-state index contributed by atoms with van der Waals surface area (Å²) in [6.07, 6.45) is 3.66. The summed E-state index contributed by atoms with van der Waals surface area (Å²) < 4.78 is 0.768. The third kappa shape index (κ3) is 3.45. The summed E-state index contributed by atoms with van der Waals surface area (Å²) >= 11 is 5.79. The van der Waals surface area contributed by atoms with Crippen molar-refractivity contribution in [2.75, 3.05) is 0 Å². The monoisotopic (exact) mass is 263 g/mol. The van der Waals surface area contributed by atoms with Gasteiger partial charge in [0.1, 0.15) is 0 Å². The second-order valence-electron chi connectivity index (χ2n) is 4.18. The van der Waals surface area contributed by atoms with Gasteiger partial charge in [0.2, 0.25) is 0 Å². The average molecular weight is 264 g/mol. The number of rotatable bonds is 4. The van der Waals surface area contributed by atoms with Crippen molar-refractivity contribution in [1.29, 1.82) is 0 Å². The Balaban J connectivity index is 1.96. The van der Waals surface area contributed by atoms with Crippen LogP contribution < -0.4 is 4.73 Å². The fourth-order valence-corrected chi connectivity index (χ4v) is 1.93. The molecule has 94 valence electrons. The molecular formula is C14H14ClNO2. The van der Waals surface area contributed by atoms with Gasteiger partial charge < -0.3 is 10.3 Å². The van der Waals surface area contributed by atoms with Gasteiger partial charge in [-0.2, -0.15) is 4.73 Å². The molecule has 0 bridgehead atoms. The molecule has 0 aliphatic carbocycles. The highest BCUT2D eigenvalue weighted by molar-refractivity contribution is 6.30. The second kappa shape index (κ2) is 5.85. The number of aryl methyl sites for hydroxylation is 1. The first kappa shape index (κ1) is 12.9. The van der Waals surface area contributed by atoms with Gasteiger partial charge in [0.05, 0.1) is 6.10 Å². The minimum atomic E-state index is -0.539. The first-order chi connectivity index (χ1) is 8.65. The van der Waals surface area contributed by atoms with Crippen molar-refractivity contribution in [3.63, 3.8) is 0 Å². The van der Waals surface area contributed by atoms with Crippen LogP contribution in [0.1, 0.15) is 23.7 Å². The zero-order valence-electron chi connectivity index (χ0n) is 9.79. The molecule has 2 aromatic rings. The molecule has 1 atom stereocenters. The Bertz CT molecular complexity index is 513. The van der Waals surface area contributed by atoms with Gasteiger partial charge in [-0.1, -0.05) is 23.7 Å². The standard InChI is InChI=1S/C14H14ClNO2/c15-13-6-4-12(5-7-13)14(17)8-3-11-2-1-9-16(18)10-11/h1-2,4-7,9-10,14,17H,3,8H2. The van der Waals surface area contributed by atoms with Gasteiger partial charge in [0.25, 0.3) is 0 Å². The molecule has 18 heavy (non-hydrogen) atoms. The molecule has 0 aliphatic rings. The molecule has 0 aliphatic heterocycles. The Labute approximate surface area is 111 Å². The summed E-state index contributed by atoms with van der Waals surface area (Å²) in [6.45, 7) is 0. The summed E-state index contributed by atoms with van der Waals surface area (Å²) in [5.74, 6) is 0. The van der Waals surface area contributed by atoms with Gasteiger partial charge >= 0.3 is 0 Å². The van der Waals surface area contributed by atoms with Crippen LogP contribution in [0.15, 0.2) is 48.8 Å². The molecule has 1 aromatic heterocycles. The van der Waals surface area contributed by atoms with Crippen LogP contribution in [-0.2, 0) is 6.42 Å². The lowest BCUT2D eigenvalue weighted by Crippen LogP contribution is -2.24. The first-order valence-corrected chi connectivity index (χ1v) is 6.14. The van der Waals surface area contributed by atoms with Crippen LogP contribution in [-0.4, -0.2) is 5.11 Å². The smallest absolute Gasteiger partial charge is 0.183 e. The molecule has 1 aromatic carbocycles. The summed E-state index contributed by atoms with van der Waals surface area (Å²) in [5.41, 5.74) is 1.76. The highest BCUT2D eigenvalue weighted by Gasteiger charge is 2.08. The maximum absolute atomic E-state index is 11.1. The van der Waals surface area contributed by atoms with Crippen LogP contribution in [0.4, 0.5) is 0 Å². The topological polar surface area (TPSA) is 47.2 Å². The number of benzene rings is 1. The van der Waals surface area contributed by atoms with Crippen LogP contribution in [0, 0.1) is 5.21 Å². The molecule has 0 saturated heterocycles. The zero-order valence-corrected chi connectivity index (χ0v) is 10.5. The number of pyridine rings is 1. The fourth-order valence-electron chi connectivity index (χ4n) is 1.80. The predicted molar refractivity (Wildman–Crippen MR) is 70.1 cm³/mol. The third-order valence-corrected chi connectivity index (χ3v) is 3.05. The van der Waals surface area contributed by atoms with Crippen molar-refractivity contribution in [1.82, 2.24) is 0 Å². The zero-order chi connectivity index (χ0) is 13.0. The Morgan fingerprint density at radius 1 is 1.22 bits per heavy atom. The van der Waals surface area contributed by atoms with Crippen LogP contribution in [0.25, 0.3) is 0 Å². The van der Waals surface area contributed by atoms with E-state index in [0.29, 0.717) is 17.9 Å². The molecule has 0 amide bonds. The first-order valence-electron chi connectivity index (χ1n) is 5.76. The van der Waals surface area contributed by atoms with Gasteiger partial charge in [0, 0.05) is 16.7 Å². The molecule has 1 heterocycles. The minimum absolute atomic E-state index is 0.539. The SMILES string of the molecule is [O-][n+]1cccc(CCC(O)c2ccc(Cl)cc2)c1. The normalized spacial score (nSPS) is 12.3. The maximum Gasteiger partial charge on any atom is 0.183 e. The van der Waals surface area contributed by atoms with Gasteiger partial charge in [-0.05, 0) is 36.6 Å². The number of hydrogen-bond acceptors (Lipinski definition) is 2. The summed E-state index contributed by atoms with van der Waals surface area (Å²) in [7, 11) is 0. The van der Waals surface area contributed by atoms with E-state index in [9.17, 15) is 10.3 Å². The Morgan fingerprint density at radius 3 is 2.61 bits per heavy atom. The van der Waals surface area contributed by atoms with E-state index in [4.69, 9.17) is 11.6 Å². The van der Waals surface area contributed by atoms with Crippen molar-refractivity contribution in [3.05, 3.63) is 70.1 Å². The molecule has 1 unspecified atom stereocenters. The molecule has 3 nitrogen and oxygen atoms in total. The molecule has 0 spiro atoms. The molecule has 2 rings (SSSR count). The van der Waals surface area contributed by atoms with Gasteiger partial charge in [0.15, 0.2) is 12.4 Å². The quantitative estimate of drug-likeness (QED) is 0.681. The summed E-state index contributed by atoms with van der Waals surface area (Å²) in [4.78, 5) is 0. The van der Waals surface area contributed by atoms with Crippen LogP contribution in [0.5, 0.6) is 0 Å². The minimum Gasteiger partial charge on any atom is -0.619 e. The van der Waals surface area contributed by atoms with Crippen molar-refractivity contribution in [2.24, 2.45) is 0 Å². The van der Waals surface area contributed by atoms with Crippen molar-refractivity contribution < 1.29 is 9.84 Å². The Kier molecular flexibility index (Phi) is 4.18. The molecule has 0 radical (unpaired) electrons. The highest BCUT2D eigenvalue weighted by atomic mass is 35.5. The lowest BCUT2D eigenvalue weighted by atomic mass is 10.0. The van der Waals surface area contributed by atoms with Crippen molar-refractivity contribution in [2.45, 2.75) is 18.9 Å². The van der Waals surface area contributed by atoms with Crippen molar-refractivity contribution in [3.8, 4) is 0 Å². The van der Waals surface area contributed by atoms with E-state index in [1.807, 2.05) is 18.2 Å². The fraction of sp³-hybridized carbons (Fsp3) is 0.214. The molecule has 1 N–H and O–H groups in total. The van der Waals surface area contributed by atoms with Crippen LogP contribution >= 0.6 is 11.6 Å². The molecular weight excluding hydrogens is 250 g/mol. The summed E-state index contributed by atoms with van der Waals surface area (Å²) in [6, 6.07) is 10.7. The highest BCUT2D eigenvalue weighted by Crippen LogP contribution is 2.20. The average Bonchev–Trinajstić information content (AvgIpc) is 2.37. The third-order valence-electron chi connectivity index (χ3n) is 2.80. The number of aliphatic hydroxyl groups excluding tert-OH is 1. The molecule has 0 fully saturated rings. The number of aromatic nitrogens is 1. The van der Waals surface area contributed by atoms with E-state index in [-0.39, 0.29) is 0 Å². The number of nitrogens with zero attached hydrogens (tertiary/aromatic N) is 1. The molecule has 0 saturated carbocycles. The summed E-state index contributed by atoms with van der Waals surface area (Å²) in [5, 5.41) is 21.8. The number of hydrogen-bond donors (Lipinski definition) is 1. The second-order valence-corrected chi connectivity index (χ2v) is 4.61. The van der Waals surface area contributed by atoms with E-state index in [1.54, 1.807) is 18.2 Å². The number of halogens is 1. The lowest BCUT2D eigenvalue weighted by Gasteiger charge is -2.10. The van der Waals surface area contributed by atoms with E-state index in [1.165, 1.54) is 12.4 Å². The predicted octanol–water partition coefficient (Wildman–Crippen LogP) is 2.64. The van der Waals surface area contributed by atoms with E-state index in [2.05, 4.69) is 0 Å². The van der Waals surface area contributed by atoms with E-state index >= 15 is 0 Å². The maximum atomic E-state index is 11.1. The molecule has 4 heteroatoms. The van der Waals surface area contributed by atoms with Gasteiger partial charge in [-0.25, -0.2) is 0 Å². The largest absolute Gasteiger partial charge is 0.619 e. The van der Waals surface area contributed by atoms with E-state index in [0.717, 1.165) is 15.9 Å². The Hall–Kier alpha value is -1.58. The van der Waals surface area contributed by atoms with Gasteiger partial charge in [-0.15, -0.1) is 0 Å².